The Labute approximate surface area is 91.5 Å². The summed E-state index contributed by atoms with van der Waals surface area (Å²) >= 11 is 1.06. The number of imidazole rings is 1. The molecule has 0 aromatic carbocycles. The molecular formula is C8H6F3N3OS. The number of fused-ring (bicyclic) bond motifs is 1. The van der Waals surface area contributed by atoms with E-state index in [0.29, 0.717) is 0 Å². The Balaban J connectivity index is 2.80. The van der Waals surface area contributed by atoms with E-state index in [0.717, 1.165) is 20.6 Å². The number of rotatable bonds is 1. The zero-order valence-electron chi connectivity index (χ0n) is 8.00. The number of primary amides is 1. The van der Waals surface area contributed by atoms with E-state index >= 15 is 0 Å². The maximum absolute atomic E-state index is 12.5. The molecule has 2 rings (SSSR count). The molecule has 1 amide bonds. The number of alkyl halides is 3. The summed E-state index contributed by atoms with van der Waals surface area (Å²) in [4.78, 5) is 15.3. The Hall–Kier alpha value is -1.57. The van der Waals surface area contributed by atoms with Gasteiger partial charge in [-0.1, -0.05) is 0 Å². The highest BCUT2D eigenvalue weighted by molar-refractivity contribution is 7.17. The van der Waals surface area contributed by atoms with Crippen LogP contribution >= 0.6 is 11.3 Å². The second-order valence-corrected chi connectivity index (χ2v) is 4.38. The molecule has 0 aliphatic carbocycles. The predicted molar refractivity (Wildman–Crippen MR) is 51.3 cm³/mol. The molecule has 0 aliphatic rings. The number of aromatic nitrogens is 2. The van der Waals surface area contributed by atoms with Crippen molar-refractivity contribution < 1.29 is 18.0 Å². The van der Waals surface area contributed by atoms with E-state index in [1.807, 2.05) is 0 Å². The fourth-order valence-corrected chi connectivity index (χ4v) is 2.21. The quantitative estimate of drug-likeness (QED) is 0.838. The van der Waals surface area contributed by atoms with Crippen molar-refractivity contribution in [2.24, 2.45) is 5.73 Å². The first-order chi connectivity index (χ1) is 7.30. The van der Waals surface area contributed by atoms with Crippen LogP contribution in [0.3, 0.4) is 0 Å². The van der Waals surface area contributed by atoms with Gasteiger partial charge in [0, 0.05) is 11.1 Å². The molecule has 2 aromatic heterocycles. The van der Waals surface area contributed by atoms with Crippen molar-refractivity contribution in [1.29, 1.82) is 0 Å². The highest BCUT2D eigenvalue weighted by Gasteiger charge is 2.39. The van der Waals surface area contributed by atoms with Crippen LogP contribution in [-0.4, -0.2) is 15.3 Å². The lowest BCUT2D eigenvalue weighted by molar-refractivity contribution is -0.141. The Bertz CT molecular complexity index is 569. The molecule has 4 nitrogen and oxygen atoms in total. The first-order valence-corrected chi connectivity index (χ1v) is 4.98. The van der Waals surface area contributed by atoms with Gasteiger partial charge < -0.3 is 5.73 Å². The normalized spacial score (nSPS) is 12.2. The van der Waals surface area contributed by atoms with Crippen molar-refractivity contribution in [2.45, 2.75) is 13.1 Å². The summed E-state index contributed by atoms with van der Waals surface area (Å²) in [5, 5.41) is 0. The minimum Gasteiger partial charge on any atom is -0.364 e. The molecular weight excluding hydrogens is 243 g/mol. The molecule has 86 valence electrons. The molecule has 0 aliphatic heterocycles. The first kappa shape index (κ1) is 10.9. The number of carbonyl (C=O) groups is 1. The van der Waals surface area contributed by atoms with Gasteiger partial charge in [0.2, 0.25) is 0 Å². The van der Waals surface area contributed by atoms with Gasteiger partial charge in [-0.2, -0.15) is 13.2 Å². The van der Waals surface area contributed by atoms with Crippen LogP contribution in [0.2, 0.25) is 0 Å². The van der Waals surface area contributed by atoms with E-state index in [4.69, 9.17) is 5.73 Å². The highest BCUT2D eigenvalue weighted by atomic mass is 32.1. The minimum atomic E-state index is -4.68. The highest BCUT2D eigenvalue weighted by Crippen LogP contribution is 2.33. The third-order valence-corrected chi connectivity index (χ3v) is 2.84. The number of hydrogen-bond donors (Lipinski definition) is 1. The molecule has 0 atom stereocenters. The summed E-state index contributed by atoms with van der Waals surface area (Å²) < 4.78 is 38.7. The molecule has 2 aromatic rings. The number of thiazole rings is 1. The molecule has 16 heavy (non-hydrogen) atoms. The maximum atomic E-state index is 12.5. The van der Waals surface area contributed by atoms with Gasteiger partial charge in [0.25, 0.3) is 5.91 Å². The van der Waals surface area contributed by atoms with Crippen LogP contribution in [0.4, 0.5) is 13.2 Å². The third kappa shape index (κ3) is 1.54. The van der Waals surface area contributed by atoms with Crippen molar-refractivity contribution >= 4 is 22.2 Å². The van der Waals surface area contributed by atoms with Gasteiger partial charge in [0.15, 0.2) is 10.7 Å². The molecule has 0 spiro atoms. The summed E-state index contributed by atoms with van der Waals surface area (Å²) in [6.45, 7) is 1.71. The van der Waals surface area contributed by atoms with E-state index in [1.54, 1.807) is 6.92 Å². The molecule has 2 N–H and O–H groups in total. The Morgan fingerprint density at radius 1 is 1.56 bits per heavy atom. The number of nitrogens with zero attached hydrogens (tertiary/aromatic N) is 2. The Morgan fingerprint density at radius 2 is 2.19 bits per heavy atom. The lowest BCUT2D eigenvalue weighted by Crippen LogP contribution is -2.20. The lowest BCUT2D eigenvalue weighted by atomic mass is 10.3. The molecule has 0 unspecified atom stereocenters. The van der Waals surface area contributed by atoms with Gasteiger partial charge in [-0.3, -0.25) is 9.20 Å². The summed E-state index contributed by atoms with van der Waals surface area (Å²) in [6, 6.07) is 0. The number of nitrogens with two attached hydrogens (primary N) is 1. The monoisotopic (exact) mass is 249 g/mol. The zero-order chi connectivity index (χ0) is 12.1. The SMILES string of the molecule is Cc1cn2c(C(N)=O)c(C(F)(F)F)nc2s1. The zero-order valence-corrected chi connectivity index (χ0v) is 8.82. The third-order valence-electron chi connectivity index (χ3n) is 1.94. The van der Waals surface area contributed by atoms with E-state index in [2.05, 4.69) is 4.98 Å². The van der Waals surface area contributed by atoms with Crippen LogP contribution in [0.15, 0.2) is 6.20 Å². The van der Waals surface area contributed by atoms with Crippen molar-refractivity contribution in [3.8, 4) is 0 Å². The maximum Gasteiger partial charge on any atom is 0.435 e. The van der Waals surface area contributed by atoms with E-state index < -0.39 is 23.5 Å². The molecule has 2 heterocycles. The summed E-state index contributed by atoms with van der Waals surface area (Å²) in [6.07, 6.45) is -3.27. The van der Waals surface area contributed by atoms with Crippen molar-refractivity contribution in [2.75, 3.05) is 0 Å². The number of carbonyl (C=O) groups excluding carboxylic acids is 1. The topological polar surface area (TPSA) is 60.4 Å². The van der Waals surface area contributed by atoms with Crippen LogP contribution in [-0.2, 0) is 6.18 Å². The summed E-state index contributed by atoms with van der Waals surface area (Å²) in [5.74, 6) is -1.14. The van der Waals surface area contributed by atoms with Crippen LogP contribution in [0.5, 0.6) is 0 Å². The van der Waals surface area contributed by atoms with Crippen molar-refractivity contribution in [1.82, 2.24) is 9.38 Å². The number of hydrogen-bond acceptors (Lipinski definition) is 3. The van der Waals surface area contributed by atoms with Gasteiger partial charge >= 0.3 is 6.18 Å². The summed E-state index contributed by atoms with van der Waals surface area (Å²) in [5.41, 5.74) is 3.09. The minimum absolute atomic E-state index is 0.110. The van der Waals surface area contributed by atoms with Gasteiger partial charge in [0.05, 0.1) is 0 Å². The van der Waals surface area contributed by atoms with Crippen LogP contribution < -0.4 is 5.73 Å². The van der Waals surface area contributed by atoms with Gasteiger partial charge in [-0.05, 0) is 6.92 Å². The number of aryl methyl sites for hydroxylation is 1. The molecule has 0 saturated carbocycles. The van der Waals surface area contributed by atoms with Gasteiger partial charge in [-0.15, -0.1) is 11.3 Å². The molecule has 0 fully saturated rings. The number of amides is 1. The van der Waals surface area contributed by atoms with E-state index in [-0.39, 0.29) is 4.96 Å². The molecule has 0 bridgehead atoms. The molecule has 0 saturated heterocycles. The average Bonchev–Trinajstić information content (AvgIpc) is 2.56. The smallest absolute Gasteiger partial charge is 0.364 e. The van der Waals surface area contributed by atoms with Crippen LogP contribution in [0, 0.1) is 6.92 Å². The van der Waals surface area contributed by atoms with Gasteiger partial charge in [0.1, 0.15) is 5.69 Å². The average molecular weight is 249 g/mol. The molecule has 8 heteroatoms. The van der Waals surface area contributed by atoms with Crippen LogP contribution in [0.1, 0.15) is 21.1 Å². The fourth-order valence-electron chi connectivity index (χ4n) is 1.39. The predicted octanol–water partition coefficient (Wildman–Crippen LogP) is 1.82. The Kier molecular flexibility index (Phi) is 2.19. The second kappa shape index (κ2) is 3.21. The molecule has 0 radical (unpaired) electrons. The largest absolute Gasteiger partial charge is 0.435 e. The van der Waals surface area contributed by atoms with E-state index in [9.17, 15) is 18.0 Å². The first-order valence-electron chi connectivity index (χ1n) is 4.16. The van der Waals surface area contributed by atoms with Crippen molar-refractivity contribution in [3.05, 3.63) is 22.5 Å². The number of halogens is 3. The lowest BCUT2D eigenvalue weighted by Gasteiger charge is -2.03. The fraction of sp³-hybridized carbons (Fsp3) is 0.250. The standard InChI is InChI=1S/C8H6F3N3OS/c1-3-2-14-4(6(12)15)5(8(9,10)11)13-7(14)16-3/h2H,1H3,(H2,12,15). The van der Waals surface area contributed by atoms with Crippen LogP contribution in [0.25, 0.3) is 4.96 Å². The van der Waals surface area contributed by atoms with E-state index in [1.165, 1.54) is 6.20 Å². The Morgan fingerprint density at radius 3 is 2.69 bits per heavy atom. The summed E-state index contributed by atoms with van der Waals surface area (Å²) in [7, 11) is 0. The second-order valence-electron chi connectivity index (χ2n) is 3.17. The van der Waals surface area contributed by atoms with Gasteiger partial charge in [-0.25, -0.2) is 4.98 Å². The van der Waals surface area contributed by atoms with Crippen molar-refractivity contribution in [3.63, 3.8) is 0 Å².